The number of hydrogen-bond acceptors (Lipinski definition) is 3. The predicted molar refractivity (Wildman–Crippen MR) is 79.3 cm³/mol. The fourth-order valence-electron chi connectivity index (χ4n) is 2.15. The van der Waals surface area contributed by atoms with E-state index in [1.54, 1.807) is 0 Å². The number of anilines is 1. The highest BCUT2D eigenvalue weighted by molar-refractivity contribution is 5.79. The first-order valence-corrected chi connectivity index (χ1v) is 6.44. The van der Waals surface area contributed by atoms with Crippen LogP contribution in [0.5, 0.6) is 0 Å². The maximum atomic E-state index is 8.76. The van der Waals surface area contributed by atoms with Gasteiger partial charge in [0, 0.05) is 12.2 Å². The van der Waals surface area contributed by atoms with Gasteiger partial charge in [0.25, 0.3) is 0 Å². The number of imidazole rings is 1. The first-order chi connectivity index (χ1) is 9.74. The molecular formula is C16H14N4. The summed E-state index contributed by atoms with van der Waals surface area (Å²) in [4.78, 5) is 7.60. The monoisotopic (exact) mass is 262 g/mol. The number of nitrogens with one attached hydrogen (secondary N) is 2. The highest BCUT2D eigenvalue weighted by Crippen LogP contribution is 2.17. The second-order valence-electron chi connectivity index (χ2n) is 4.72. The van der Waals surface area contributed by atoms with Crippen molar-refractivity contribution in [1.29, 1.82) is 5.26 Å². The number of fused-ring (bicyclic) bond motifs is 1. The van der Waals surface area contributed by atoms with E-state index in [4.69, 9.17) is 5.26 Å². The number of benzene rings is 2. The lowest BCUT2D eigenvalue weighted by atomic mass is 10.1. The lowest BCUT2D eigenvalue weighted by molar-refractivity contribution is 1.15. The summed E-state index contributed by atoms with van der Waals surface area (Å²) in [7, 11) is 0. The average Bonchev–Trinajstić information content (AvgIpc) is 2.85. The van der Waals surface area contributed by atoms with Crippen LogP contribution in [0.15, 0.2) is 42.5 Å². The van der Waals surface area contributed by atoms with Gasteiger partial charge in [0.05, 0.1) is 22.7 Å². The Morgan fingerprint density at radius 2 is 2.00 bits per heavy atom. The molecule has 0 bridgehead atoms. The quantitative estimate of drug-likeness (QED) is 0.760. The minimum Gasteiger partial charge on any atom is -0.381 e. The molecule has 1 heterocycles. The van der Waals surface area contributed by atoms with Crippen molar-refractivity contribution in [3.05, 3.63) is 59.4 Å². The van der Waals surface area contributed by atoms with Crippen molar-refractivity contribution < 1.29 is 0 Å². The van der Waals surface area contributed by atoms with Crippen LogP contribution in [0.2, 0.25) is 0 Å². The minimum absolute atomic E-state index is 0.683. The first-order valence-electron chi connectivity index (χ1n) is 6.44. The molecule has 0 saturated carbocycles. The third-order valence-electron chi connectivity index (χ3n) is 3.18. The van der Waals surface area contributed by atoms with Crippen LogP contribution in [0.4, 0.5) is 5.69 Å². The van der Waals surface area contributed by atoms with Gasteiger partial charge in [-0.1, -0.05) is 12.1 Å². The van der Waals surface area contributed by atoms with Gasteiger partial charge in [-0.05, 0) is 42.8 Å². The second kappa shape index (κ2) is 5.06. The van der Waals surface area contributed by atoms with Crippen molar-refractivity contribution in [3.63, 3.8) is 0 Å². The highest BCUT2D eigenvalue weighted by Gasteiger charge is 2.01. The van der Waals surface area contributed by atoms with E-state index in [-0.39, 0.29) is 0 Å². The fourth-order valence-corrected chi connectivity index (χ4v) is 2.15. The van der Waals surface area contributed by atoms with Crippen LogP contribution >= 0.6 is 0 Å². The number of aromatic nitrogens is 2. The summed E-state index contributed by atoms with van der Waals surface area (Å²) >= 11 is 0. The third kappa shape index (κ3) is 2.47. The van der Waals surface area contributed by atoms with Gasteiger partial charge in [-0.15, -0.1) is 0 Å². The number of nitrogens with zero attached hydrogens (tertiary/aromatic N) is 2. The van der Waals surface area contributed by atoms with Gasteiger partial charge in [-0.25, -0.2) is 4.98 Å². The van der Waals surface area contributed by atoms with Crippen LogP contribution in [-0.4, -0.2) is 9.97 Å². The van der Waals surface area contributed by atoms with Crippen LogP contribution in [-0.2, 0) is 6.54 Å². The third-order valence-corrected chi connectivity index (χ3v) is 3.18. The molecule has 0 saturated heterocycles. The normalized spacial score (nSPS) is 10.4. The average molecular weight is 262 g/mol. The van der Waals surface area contributed by atoms with Gasteiger partial charge in [0.1, 0.15) is 5.82 Å². The molecule has 0 atom stereocenters. The lowest BCUT2D eigenvalue weighted by Gasteiger charge is -2.06. The van der Waals surface area contributed by atoms with Crippen LogP contribution in [0.3, 0.4) is 0 Å². The van der Waals surface area contributed by atoms with Crippen molar-refractivity contribution in [1.82, 2.24) is 9.97 Å². The molecule has 4 nitrogen and oxygen atoms in total. The SMILES string of the molecule is Cc1nc2ccc(NCc3ccc(C#N)cc3)cc2[nH]1. The van der Waals surface area contributed by atoms with Crippen molar-refractivity contribution in [2.24, 2.45) is 0 Å². The Balaban J connectivity index is 1.74. The molecule has 2 aromatic carbocycles. The van der Waals surface area contributed by atoms with Gasteiger partial charge >= 0.3 is 0 Å². The van der Waals surface area contributed by atoms with Crippen LogP contribution in [0.1, 0.15) is 17.0 Å². The van der Waals surface area contributed by atoms with E-state index in [2.05, 4.69) is 27.4 Å². The minimum atomic E-state index is 0.683. The van der Waals surface area contributed by atoms with Crippen LogP contribution < -0.4 is 5.32 Å². The maximum Gasteiger partial charge on any atom is 0.104 e. The Labute approximate surface area is 117 Å². The van der Waals surface area contributed by atoms with E-state index < -0.39 is 0 Å². The summed E-state index contributed by atoms with van der Waals surface area (Å²) in [5.74, 6) is 0.921. The summed E-state index contributed by atoms with van der Waals surface area (Å²) in [5, 5.41) is 12.1. The Morgan fingerprint density at radius 1 is 1.20 bits per heavy atom. The molecule has 0 amide bonds. The molecule has 0 radical (unpaired) electrons. The Kier molecular flexibility index (Phi) is 3.10. The van der Waals surface area contributed by atoms with Crippen LogP contribution in [0, 0.1) is 18.3 Å². The molecule has 2 N–H and O–H groups in total. The highest BCUT2D eigenvalue weighted by atomic mass is 14.9. The molecule has 3 rings (SSSR count). The number of H-pyrrole nitrogens is 1. The standard InChI is InChI=1S/C16H14N4/c1-11-19-15-7-6-14(8-16(15)20-11)18-10-13-4-2-12(9-17)3-5-13/h2-8,18H,10H2,1H3,(H,19,20). The molecule has 20 heavy (non-hydrogen) atoms. The number of rotatable bonds is 3. The summed E-state index contributed by atoms with van der Waals surface area (Å²) in [6.45, 7) is 2.67. The molecule has 0 unspecified atom stereocenters. The van der Waals surface area contributed by atoms with E-state index in [0.717, 1.165) is 34.7 Å². The van der Waals surface area contributed by atoms with Gasteiger partial charge in [-0.3, -0.25) is 0 Å². The second-order valence-corrected chi connectivity index (χ2v) is 4.72. The van der Waals surface area contributed by atoms with Gasteiger partial charge in [0.2, 0.25) is 0 Å². The van der Waals surface area contributed by atoms with Gasteiger partial charge in [-0.2, -0.15) is 5.26 Å². The molecule has 1 aromatic heterocycles. The molecule has 0 aliphatic rings. The van der Waals surface area contributed by atoms with E-state index in [1.807, 2.05) is 43.3 Å². The van der Waals surface area contributed by atoms with Crippen molar-refractivity contribution >= 4 is 16.7 Å². The number of nitriles is 1. The first kappa shape index (κ1) is 12.2. The zero-order chi connectivity index (χ0) is 13.9. The molecule has 3 aromatic rings. The maximum absolute atomic E-state index is 8.76. The van der Waals surface area contributed by atoms with Gasteiger partial charge in [0.15, 0.2) is 0 Å². The van der Waals surface area contributed by atoms with Crippen molar-refractivity contribution in [3.8, 4) is 6.07 Å². The van der Waals surface area contributed by atoms with Crippen molar-refractivity contribution in [2.75, 3.05) is 5.32 Å². The zero-order valence-corrected chi connectivity index (χ0v) is 11.1. The molecule has 0 spiro atoms. The van der Waals surface area contributed by atoms with E-state index in [0.29, 0.717) is 5.56 Å². The number of hydrogen-bond donors (Lipinski definition) is 2. The lowest BCUT2D eigenvalue weighted by Crippen LogP contribution is -1.99. The summed E-state index contributed by atoms with van der Waals surface area (Å²) in [5.41, 5.74) is 4.89. The van der Waals surface area contributed by atoms with E-state index in [1.165, 1.54) is 0 Å². The van der Waals surface area contributed by atoms with E-state index in [9.17, 15) is 0 Å². The zero-order valence-electron chi connectivity index (χ0n) is 11.1. The number of aryl methyl sites for hydroxylation is 1. The number of aromatic amines is 1. The smallest absolute Gasteiger partial charge is 0.104 e. The molecule has 0 aliphatic heterocycles. The summed E-state index contributed by atoms with van der Waals surface area (Å²) < 4.78 is 0. The largest absolute Gasteiger partial charge is 0.381 e. The predicted octanol–water partition coefficient (Wildman–Crippen LogP) is 3.36. The van der Waals surface area contributed by atoms with Gasteiger partial charge < -0.3 is 10.3 Å². The topological polar surface area (TPSA) is 64.5 Å². The summed E-state index contributed by atoms with van der Waals surface area (Å²) in [6.07, 6.45) is 0. The van der Waals surface area contributed by atoms with Crippen LogP contribution in [0.25, 0.3) is 11.0 Å². The molecular weight excluding hydrogens is 248 g/mol. The fraction of sp³-hybridized carbons (Fsp3) is 0.125. The Hall–Kier alpha value is -2.80. The Bertz CT molecular complexity index is 778. The summed E-state index contributed by atoms with van der Waals surface area (Å²) in [6, 6.07) is 15.8. The molecule has 98 valence electrons. The molecule has 0 fully saturated rings. The molecule has 4 heteroatoms. The van der Waals surface area contributed by atoms with Crippen molar-refractivity contribution in [2.45, 2.75) is 13.5 Å². The Morgan fingerprint density at radius 3 is 2.75 bits per heavy atom. The van der Waals surface area contributed by atoms with E-state index >= 15 is 0 Å². The molecule has 0 aliphatic carbocycles.